The van der Waals surface area contributed by atoms with Gasteiger partial charge in [-0.3, -0.25) is 4.79 Å². The quantitative estimate of drug-likeness (QED) is 0.657. The number of thioether (sulfide) groups is 1. The Morgan fingerprint density at radius 2 is 2.00 bits per heavy atom. The van der Waals surface area contributed by atoms with Crippen LogP contribution in [0, 0.1) is 5.41 Å². The van der Waals surface area contributed by atoms with Crippen molar-refractivity contribution in [3.63, 3.8) is 0 Å². The average molecular weight is 203 g/mol. The van der Waals surface area contributed by atoms with E-state index in [1.165, 1.54) is 0 Å². The number of hydrogen-bond acceptors (Lipinski definition) is 3. The molecule has 0 aromatic carbocycles. The zero-order chi connectivity index (χ0) is 10.5. The van der Waals surface area contributed by atoms with E-state index < -0.39 is 0 Å². The second-order valence-electron chi connectivity index (χ2n) is 4.17. The van der Waals surface area contributed by atoms with E-state index in [4.69, 9.17) is 0 Å². The van der Waals surface area contributed by atoms with Crippen molar-refractivity contribution in [1.82, 2.24) is 4.90 Å². The third-order valence-corrected chi connectivity index (χ3v) is 2.89. The molecule has 0 fully saturated rings. The molecule has 0 saturated carbocycles. The lowest BCUT2D eigenvalue weighted by atomic mass is 9.88. The summed E-state index contributed by atoms with van der Waals surface area (Å²) < 4.78 is 0. The summed E-state index contributed by atoms with van der Waals surface area (Å²) in [7, 11) is 2.07. The second-order valence-corrected chi connectivity index (χ2v) is 5.16. The molecule has 0 aliphatic carbocycles. The number of Topliss-reactive ketones (excluding diaryl/α,β-unsaturated/α-hetero) is 1. The molecule has 0 bridgehead atoms. The second kappa shape index (κ2) is 5.66. The van der Waals surface area contributed by atoms with Gasteiger partial charge in [0.1, 0.15) is 5.78 Å². The Morgan fingerprint density at radius 1 is 1.46 bits per heavy atom. The SMILES string of the molecule is CSCCN(C)CC(C)(C)C(C)=O. The molecule has 13 heavy (non-hydrogen) atoms. The van der Waals surface area contributed by atoms with E-state index in [2.05, 4.69) is 18.2 Å². The van der Waals surface area contributed by atoms with Crippen molar-refractivity contribution in [3.8, 4) is 0 Å². The summed E-state index contributed by atoms with van der Waals surface area (Å²) in [4.78, 5) is 13.5. The summed E-state index contributed by atoms with van der Waals surface area (Å²) in [6, 6.07) is 0. The van der Waals surface area contributed by atoms with Gasteiger partial charge in [0.05, 0.1) is 0 Å². The first kappa shape index (κ1) is 13.0. The highest BCUT2D eigenvalue weighted by Crippen LogP contribution is 2.17. The van der Waals surface area contributed by atoms with Crippen molar-refractivity contribution in [2.24, 2.45) is 5.41 Å². The van der Waals surface area contributed by atoms with E-state index in [0.717, 1.165) is 18.8 Å². The highest BCUT2D eigenvalue weighted by Gasteiger charge is 2.24. The minimum Gasteiger partial charge on any atom is -0.305 e. The lowest BCUT2D eigenvalue weighted by Gasteiger charge is -2.27. The van der Waals surface area contributed by atoms with Crippen LogP contribution in [-0.2, 0) is 4.79 Å². The fraction of sp³-hybridized carbons (Fsp3) is 0.900. The molecule has 0 aliphatic heterocycles. The average Bonchev–Trinajstić information content (AvgIpc) is 1.99. The van der Waals surface area contributed by atoms with Crippen molar-refractivity contribution >= 4 is 17.5 Å². The van der Waals surface area contributed by atoms with Gasteiger partial charge in [0.25, 0.3) is 0 Å². The first-order valence-corrected chi connectivity index (χ1v) is 5.98. The molecular weight excluding hydrogens is 182 g/mol. The standard InChI is InChI=1S/C10H21NOS/c1-9(12)10(2,3)8-11(4)6-7-13-5/h6-8H2,1-5H3. The first-order chi connectivity index (χ1) is 5.90. The molecule has 0 amide bonds. The molecule has 3 heteroatoms. The number of carbonyl (C=O) groups is 1. The summed E-state index contributed by atoms with van der Waals surface area (Å²) in [5.41, 5.74) is -0.201. The topological polar surface area (TPSA) is 20.3 Å². The Balaban J connectivity index is 3.89. The van der Waals surface area contributed by atoms with Crippen LogP contribution >= 0.6 is 11.8 Å². The maximum Gasteiger partial charge on any atom is 0.136 e. The Kier molecular flexibility index (Phi) is 5.65. The van der Waals surface area contributed by atoms with E-state index in [1.54, 1.807) is 6.92 Å². The first-order valence-electron chi connectivity index (χ1n) is 4.58. The molecule has 0 atom stereocenters. The van der Waals surface area contributed by atoms with Gasteiger partial charge in [-0.15, -0.1) is 0 Å². The summed E-state index contributed by atoms with van der Waals surface area (Å²) in [6.45, 7) is 7.58. The number of nitrogens with zero attached hydrogens (tertiary/aromatic N) is 1. The van der Waals surface area contributed by atoms with Crippen molar-refractivity contribution in [1.29, 1.82) is 0 Å². The van der Waals surface area contributed by atoms with E-state index in [-0.39, 0.29) is 11.2 Å². The van der Waals surface area contributed by atoms with Gasteiger partial charge in [-0.2, -0.15) is 11.8 Å². The molecule has 0 aliphatic rings. The monoisotopic (exact) mass is 203 g/mol. The molecule has 0 heterocycles. The predicted octanol–water partition coefficient (Wildman–Crippen LogP) is 1.90. The van der Waals surface area contributed by atoms with Crippen LogP contribution in [0.15, 0.2) is 0 Å². The summed E-state index contributed by atoms with van der Waals surface area (Å²) >= 11 is 1.84. The van der Waals surface area contributed by atoms with E-state index in [0.29, 0.717) is 0 Å². The molecule has 0 spiro atoms. The third kappa shape index (κ3) is 5.32. The molecular formula is C10H21NOS. The summed E-state index contributed by atoms with van der Waals surface area (Å²) in [5.74, 6) is 1.40. The summed E-state index contributed by atoms with van der Waals surface area (Å²) in [5, 5.41) is 0. The molecule has 2 nitrogen and oxygen atoms in total. The fourth-order valence-corrected chi connectivity index (χ4v) is 1.61. The lowest BCUT2D eigenvalue weighted by Crippen LogP contribution is -2.37. The van der Waals surface area contributed by atoms with Crippen LogP contribution in [0.3, 0.4) is 0 Å². The van der Waals surface area contributed by atoms with Crippen molar-refractivity contribution in [2.75, 3.05) is 32.1 Å². The van der Waals surface area contributed by atoms with Crippen molar-refractivity contribution < 1.29 is 4.79 Å². The molecule has 0 unspecified atom stereocenters. The molecule has 0 radical (unpaired) electrons. The number of rotatable bonds is 6. The molecule has 0 aromatic heterocycles. The smallest absolute Gasteiger partial charge is 0.136 e. The summed E-state index contributed by atoms with van der Waals surface area (Å²) in [6.07, 6.45) is 2.10. The Bertz CT molecular complexity index is 168. The highest BCUT2D eigenvalue weighted by molar-refractivity contribution is 7.98. The van der Waals surface area contributed by atoms with Crippen LogP contribution in [0.1, 0.15) is 20.8 Å². The van der Waals surface area contributed by atoms with Gasteiger partial charge in [0, 0.05) is 24.3 Å². The van der Waals surface area contributed by atoms with Gasteiger partial charge in [-0.1, -0.05) is 13.8 Å². The highest BCUT2D eigenvalue weighted by atomic mass is 32.2. The maximum absolute atomic E-state index is 11.2. The number of carbonyl (C=O) groups excluding carboxylic acids is 1. The lowest BCUT2D eigenvalue weighted by molar-refractivity contribution is -0.125. The normalized spacial score (nSPS) is 12.2. The van der Waals surface area contributed by atoms with Crippen LogP contribution in [0.5, 0.6) is 0 Å². The third-order valence-electron chi connectivity index (χ3n) is 2.30. The largest absolute Gasteiger partial charge is 0.305 e. The van der Waals surface area contributed by atoms with Gasteiger partial charge in [0.2, 0.25) is 0 Å². The van der Waals surface area contributed by atoms with Crippen molar-refractivity contribution in [2.45, 2.75) is 20.8 Å². The van der Waals surface area contributed by atoms with E-state index >= 15 is 0 Å². The molecule has 78 valence electrons. The van der Waals surface area contributed by atoms with Crippen LogP contribution in [0.4, 0.5) is 0 Å². The zero-order valence-corrected chi connectivity index (χ0v) is 10.2. The van der Waals surface area contributed by atoms with E-state index in [9.17, 15) is 4.79 Å². The molecule has 0 rings (SSSR count). The van der Waals surface area contributed by atoms with E-state index in [1.807, 2.05) is 25.6 Å². The number of hydrogen-bond donors (Lipinski definition) is 0. The number of ketones is 1. The molecule has 0 aromatic rings. The minimum absolute atomic E-state index is 0.201. The van der Waals surface area contributed by atoms with Crippen LogP contribution in [-0.4, -0.2) is 42.8 Å². The van der Waals surface area contributed by atoms with Gasteiger partial charge in [0.15, 0.2) is 0 Å². The van der Waals surface area contributed by atoms with Gasteiger partial charge in [-0.25, -0.2) is 0 Å². The predicted molar refractivity (Wildman–Crippen MR) is 60.3 cm³/mol. The molecule has 0 saturated heterocycles. The molecule has 0 N–H and O–H groups in total. The zero-order valence-electron chi connectivity index (χ0n) is 9.39. The van der Waals surface area contributed by atoms with Crippen LogP contribution < -0.4 is 0 Å². The maximum atomic E-state index is 11.2. The Morgan fingerprint density at radius 3 is 2.38 bits per heavy atom. The van der Waals surface area contributed by atoms with Crippen LogP contribution in [0.25, 0.3) is 0 Å². The van der Waals surface area contributed by atoms with Gasteiger partial charge < -0.3 is 4.90 Å². The fourth-order valence-electron chi connectivity index (χ4n) is 1.11. The van der Waals surface area contributed by atoms with Crippen LogP contribution in [0.2, 0.25) is 0 Å². The van der Waals surface area contributed by atoms with Gasteiger partial charge in [-0.05, 0) is 20.2 Å². The van der Waals surface area contributed by atoms with Gasteiger partial charge >= 0.3 is 0 Å². The minimum atomic E-state index is -0.201. The van der Waals surface area contributed by atoms with Crippen molar-refractivity contribution in [3.05, 3.63) is 0 Å². The Hall–Kier alpha value is -0.0200. The Labute approximate surface area is 86.1 Å².